The van der Waals surface area contributed by atoms with Gasteiger partial charge in [-0.15, -0.1) is 13.2 Å². The zero-order valence-corrected chi connectivity index (χ0v) is 27.0. The summed E-state index contributed by atoms with van der Waals surface area (Å²) in [6, 6.07) is 17.2. The molecule has 2 aromatic carbocycles. The number of hydrogen-bond donors (Lipinski definition) is 0. The van der Waals surface area contributed by atoms with E-state index in [2.05, 4.69) is 19.5 Å². The highest BCUT2D eigenvalue weighted by Crippen LogP contribution is 2.28. The molecular weight excluding hydrogens is 621 g/mol. The van der Waals surface area contributed by atoms with Crippen LogP contribution in [0.3, 0.4) is 0 Å². The van der Waals surface area contributed by atoms with Crippen LogP contribution in [0.2, 0.25) is 0 Å². The molecule has 6 rings (SSSR count). The van der Waals surface area contributed by atoms with Gasteiger partial charge in [-0.25, -0.2) is 0 Å². The second kappa shape index (κ2) is 14.9. The van der Waals surface area contributed by atoms with Crippen molar-refractivity contribution in [2.45, 2.75) is 57.9 Å². The number of benzene rings is 2. The van der Waals surface area contributed by atoms with Gasteiger partial charge >= 0.3 is 6.36 Å². The van der Waals surface area contributed by atoms with Gasteiger partial charge in [0, 0.05) is 68.1 Å². The van der Waals surface area contributed by atoms with Gasteiger partial charge in [-0.3, -0.25) is 24.3 Å². The maximum Gasteiger partial charge on any atom is 0.573 e. The Hall–Kier alpha value is -4.25. The summed E-state index contributed by atoms with van der Waals surface area (Å²) in [7, 11) is 0. The van der Waals surface area contributed by atoms with Crippen LogP contribution >= 0.6 is 0 Å². The summed E-state index contributed by atoms with van der Waals surface area (Å²) in [5, 5.41) is 0. The lowest BCUT2D eigenvalue weighted by Gasteiger charge is -2.32. The summed E-state index contributed by atoms with van der Waals surface area (Å²) in [5.74, 6) is -0.237. The monoisotopic (exact) mass is 662 g/mol. The van der Waals surface area contributed by atoms with Crippen molar-refractivity contribution >= 4 is 23.2 Å². The zero-order chi connectivity index (χ0) is 33.7. The van der Waals surface area contributed by atoms with Crippen molar-refractivity contribution in [2.75, 3.05) is 44.2 Å². The number of likely N-dealkylation sites (tertiary alicyclic amines) is 2. The van der Waals surface area contributed by atoms with Crippen LogP contribution in [-0.2, 0) is 6.54 Å². The number of ketones is 2. The quantitative estimate of drug-likeness (QED) is 0.221. The molecule has 3 aliphatic heterocycles. The number of alkyl halides is 3. The van der Waals surface area contributed by atoms with Gasteiger partial charge in [-0.1, -0.05) is 12.1 Å². The number of halogens is 3. The molecule has 0 saturated carbocycles. The summed E-state index contributed by atoms with van der Waals surface area (Å²) in [6.07, 6.45) is 2.34. The molecule has 254 valence electrons. The van der Waals surface area contributed by atoms with E-state index in [4.69, 9.17) is 0 Å². The van der Waals surface area contributed by atoms with Crippen LogP contribution in [0.4, 0.5) is 18.9 Å². The average Bonchev–Trinajstić information content (AvgIpc) is 3.64. The molecule has 0 bridgehead atoms. The minimum Gasteiger partial charge on any atom is -0.406 e. The maximum absolute atomic E-state index is 13.2. The van der Waals surface area contributed by atoms with E-state index >= 15 is 0 Å². The average molecular weight is 663 g/mol. The normalized spacial score (nSPS) is 18.2. The number of pyridine rings is 1. The predicted octanol–water partition coefficient (Wildman–Crippen LogP) is 6.80. The van der Waals surface area contributed by atoms with Crippen LogP contribution < -0.4 is 9.64 Å². The number of anilines is 1. The fourth-order valence-corrected chi connectivity index (χ4v) is 7.07. The summed E-state index contributed by atoms with van der Waals surface area (Å²) >= 11 is 0. The van der Waals surface area contributed by atoms with Gasteiger partial charge in [0.05, 0.1) is 0 Å². The zero-order valence-electron chi connectivity index (χ0n) is 27.0. The molecule has 8 nitrogen and oxygen atoms in total. The molecule has 48 heavy (non-hydrogen) atoms. The molecule has 11 heteroatoms. The highest BCUT2D eigenvalue weighted by Gasteiger charge is 2.32. The van der Waals surface area contributed by atoms with Crippen LogP contribution in [0.5, 0.6) is 5.75 Å². The van der Waals surface area contributed by atoms with Crippen molar-refractivity contribution in [1.29, 1.82) is 0 Å². The third-order valence-electron chi connectivity index (χ3n) is 9.80. The summed E-state index contributed by atoms with van der Waals surface area (Å²) in [4.78, 5) is 49.9. The fourth-order valence-electron chi connectivity index (χ4n) is 7.07. The van der Waals surface area contributed by atoms with Gasteiger partial charge in [-0.2, -0.15) is 0 Å². The Kier molecular flexibility index (Phi) is 10.4. The van der Waals surface area contributed by atoms with Gasteiger partial charge in [0.1, 0.15) is 11.4 Å². The number of rotatable bonds is 10. The van der Waals surface area contributed by atoms with E-state index in [1.54, 1.807) is 29.2 Å². The number of Topliss-reactive ketones (excluding diaryl/α,β-unsaturated/α-hetero) is 2. The van der Waals surface area contributed by atoms with Gasteiger partial charge in [-0.05, 0) is 112 Å². The van der Waals surface area contributed by atoms with Gasteiger partial charge < -0.3 is 14.5 Å². The van der Waals surface area contributed by atoms with E-state index in [0.29, 0.717) is 44.5 Å². The number of carbonyl (C=O) groups is 3. The van der Waals surface area contributed by atoms with E-state index in [1.807, 2.05) is 24.3 Å². The first-order valence-corrected chi connectivity index (χ1v) is 16.9. The number of ether oxygens (including phenoxy) is 1. The van der Waals surface area contributed by atoms with Gasteiger partial charge in [0.15, 0.2) is 11.6 Å². The molecule has 3 aliphatic rings. The van der Waals surface area contributed by atoms with Crippen molar-refractivity contribution in [3.8, 4) is 5.75 Å². The molecule has 1 amide bonds. The lowest BCUT2D eigenvalue weighted by Crippen LogP contribution is -2.40. The Morgan fingerprint density at radius 2 is 1.50 bits per heavy atom. The smallest absolute Gasteiger partial charge is 0.406 e. The van der Waals surface area contributed by atoms with Crippen LogP contribution in [-0.4, -0.2) is 77.9 Å². The number of aromatic nitrogens is 1. The maximum atomic E-state index is 13.2. The molecule has 0 atom stereocenters. The second-order valence-electron chi connectivity index (χ2n) is 13.1. The Bertz CT molecular complexity index is 1570. The standard InChI is InChI=1S/C37H41F3N4O4/c38-37(39,40)48-32-5-3-4-27(22-32)25-42-18-12-26(13-19-42)23-34(45)30-8-11-33(41-24-30)36(47)44-20-14-29(15-21-44)35(46)28-6-9-31(10-7-28)43-16-1-2-17-43/h3-11,22,24,26,29H,1-2,12-21,23,25H2. The first kappa shape index (κ1) is 33.6. The topological polar surface area (TPSA) is 83.0 Å². The number of amides is 1. The van der Waals surface area contributed by atoms with Gasteiger partial charge in [0.2, 0.25) is 0 Å². The molecule has 0 spiro atoms. The van der Waals surface area contributed by atoms with Crippen LogP contribution in [0.15, 0.2) is 66.9 Å². The molecule has 0 N–H and O–H groups in total. The van der Waals surface area contributed by atoms with E-state index in [9.17, 15) is 27.6 Å². The number of carbonyl (C=O) groups excluding carboxylic acids is 3. The van der Waals surface area contributed by atoms with E-state index in [1.165, 1.54) is 31.2 Å². The third-order valence-corrected chi connectivity index (χ3v) is 9.80. The summed E-state index contributed by atoms with van der Waals surface area (Å²) in [5.41, 5.74) is 3.37. The molecule has 3 aromatic rings. The SMILES string of the molecule is O=C(CC1CCN(Cc2cccc(OC(F)(F)F)c2)CC1)c1ccc(C(=O)N2CCC(C(=O)c3ccc(N4CCCC4)cc3)CC2)nc1. The third kappa shape index (κ3) is 8.61. The predicted molar refractivity (Wildman–Crippen MR) is 175 cm³/mol. The van der Waals surface area contributed by atoms with Crippen molar-refractivity contribution in [1.82, 2.24) is 14.8 Å². The molecule has 0 radical (unpaired) electrons. The highest BCUT2D eigenvalue weighted by molar-refractivity contribution is 5.99. The molecule has 3 saturated heterocycles. The van der Waals surface area contributed by atoms with Crippen molar-refractivity contribution < 1.29 is 32.3 Å². The molecule has 3 fully saturated rings. The number of nitrogens with zero attached hydrogens (tertiary/aromatic N) is 4. The molecule has 4 heterocycles. The Morgan fingerprint density at radius 3 is 2.15 bits per heavy atom. The van der Waals surface area contributed by atoms with Crippen molar-refractivity contribution in [3.63, 3.8) is 0 Å². The molecule has 1 aromatic heterocycles. The first-order valence-electron chi connectivity index (χ1n) is 16.9. The summed E-state index contributed by atoms with van der Waals surface area (Å²) < 4.78 is 41.7. The van der Waals surface area contributed by atoms with Crippen molar-refractivity contribution in [3.05, 3.63) is 89.2 Å². The Morgan fingerprint density at radius 1 is 0.812 bits per heavy atom. The first-order chi connectivity index (χ1) is 23.1. The van der Waals surface area contributed by atoms with Crippen LogP contribution in [0.1, 0.15) is 81.7 Å². The van der Waals surface area contributed by atoms with Gasteiger partial charge in [0.25, 0.3) is 5.91 Å². The highest BCUT2D eigenvalue weighted by atomic mass is 19.4. The van der Waals surface area contributed by atoms with E-state index in [-0.39, 0.29) is 40.8 Å². The molecule has 0 aliphatic carbocycles. The minimum absolute atomic E-state index is 0.0234. The van der Waals surface area contributed by atoms with Crippen LogP contribution in [0.25, 0.3) is 0 Å². The number of piperidine rings is 2. The lowest BCUT2D eigenvalue weighted by molar-refractivity contribution is -0.274. The minimum atomic E-state index is -4.73. The second-order valence-corrected chi connectivity index (χ2v) is 13.1. The Labute approximate surface area is 278 Å². The van der Waals surface area contributed by atoms with E-state index < -0.39 is 6.36 Å². The molecular formula is C37H41F3N4O4. The van der Waals surface area contributed by atoms with Crippen LogP contribution in [0, 0.1) is 11.8 Å². The van der Waals surface area contributed by atoms with E-state index in [0.717, 1.165) is 55.8 Å². The Balaban J connectivity index is 0.933. The largest absolute Gasteiger partial charge is 0.573 e. The lowest BCUT2D eigenvalue weighted by atomic mass is 9.88. The van der Waals surface area contributed by atoms with Crippen molar-refractivity contribution in [2.24, 2.45) is 11.8 Å². The molecule has 0 unspecified atom stereocenters. The summed E-state index contributed by atoms with van der Waals surface area (Å²) in [6.45, 7) is 5.07. The fraction of sp³-hybridized carbons (Fsp3) is 0.459. The number of hydrogen-bond acceptors (Lipinski definition) is 7.